The number of allylic oxidation sites excluding steroid dienone is 1. The smallest absolute Gasteiger partial charge is 0.199 e. The fourth-order valence-electron chi connectivity index (χ4n) is 4.11. The number of hydrogen-bond acceptors (Lipinski definition) is 6. The number of aliphatic hydroxyl groups excluding tert-OH is 1. The topological polar surface area (TPSA) is 96.8 Å². The van der Waals surface area contributed by atoms with Crippen molar-refractivity contribution in [3.05, 3.63) is 36.1 Å². The molecule has 7 heteroatoms. The summed E-state index contributed by atoms with van der Waals surface area (Å²) < 4.78 is 8.11. The minimum absolute atomic E-state index is 0.0341. The quantitative estimate of drug-likeness (QED) is 0.602. The largest absolute Gasteiger partial charge is 0.394 e. The second-order valence-corrected chi connectivity index (χ2v) is 7.40. The van der Waals surface area contributed by atoms with Crippen molar-refractivity contribution in [1.82, 2.24) is 15.2 Å². The van der Waals surface area contributed by atoms with Crippen molar-refractivity contribution in [2.45, 2.75) is 51.1 Å². The molecule has 5 N–H and O–H groups in total. The van der Waals surface area contributed by atoms with Crippen molar-refractivity contribution in [1.29, 1.82) is 0 Å². The minimum Gasteiger partial charge on any atom is -0.394 e. The van der Waals surface area contributed by atoms with Gasteiger partial charge >= 0.3 is 0 Å². The fourth-order valence-corrected chi connectivity index (χ4v) is 4.11. The van der Waals surface area contributed by atoms with E-state index in [0.29, 0.717) is 12.0 Å². The van der Waals surface area contributed by atoms with Crippen molar-refractivity contribution < 1.29 is 9.84 Å². The predicted octanol–water partition coefficient (Wildman–Crippen LogP) is 1.73. The lowest BCUT2D eigenvalue weighted by atomic mass is 10.1. The van der Waals surface area contributed by atoms with Gasteiger partial charge in [-0.25, -0.2) is 0 Å². The van der Waals surface area contributed by atoms with Gasteiger partial charge in [0.1, 0.15) is 12.0 Å². The van der Waals surface area contributed by atoms with Crippen molar-refractivity contribution in [2.75, 3.05) is 6.61 Å². The van der Waals surface area contributed by atoms with Crippen LogP contribution in [0.1, 0.15) is 43.5 Å². The number of guanidine groups is 1. The van der Waals surface area contributed by atoms with Crippen LogP contribution < -0.4 is 16.4 Å². The van der Waals surface area contributed by atoms with E-state index in [1.54, 1.807) is 0 Å². The van der Waals surface area contributed by atoms with Gasteiger partial charge in [-0.3, -0.25) is 0 Å². The van der Waals surface area contributed by atoms with E-state index in [2.05, 4.69) is 52.0 Å². The molecule has 1 aromatic rings. The maximum atomic E-state index is 9.46. The number of nitrogens with two attached hydrogens (primary N) is 1. The Labute approximate surface area is 153 Å². The van der Waals surface area contributed by atoms with E-state index in [-0.39, 0.29) is 24.9 Å². The molecule has 0 amide bonds. The molecular formula is C19H27N5O2. The molecule has 0 radical (unpaired) electrons. The molecule has 3 heterocycles. The highest BCUT2D eigenvalue weighted by Gasteiger charge is 2.36. The molecule has 2 aliphatic heterocycles. The first-order valence-corrected chi connectivity index (χ1v) is 9.27. The zero-order valence-electron chi connectivity index (χ0n) is 15.1. The van der Waals surface area contributed by atoms with Crippen molar-refractivity contribution >= 4 is 17.5 Å². The Morgan fingerprint density at radius 3 is 3.08 bits per heavy atom. The number of aliphatic imine (C=N–C) groups is 1. The number of fused-ring (bicyclic) bond motifs is 1. The first kappa shape index (κ1) is 17.3. The first-order valence-electron chi connectivity index (χ1n) is 9.27. The highest BCUT2D eigenvalue weighted by molar-refractivity contribution is 5.95. The predicted molar refractivity (Wildman–Crippen MR) is 102 cm³/mol. The monoisotopic (exact) mass is 357 g/mol. The van der Waals surface area contributed by atoms with Crippen LogP contribution in [0.25, 0.3) is 5.70 Å². The van der Waals surface area contributed by atoms with E-state index in [0.717, 1.165) is 48.4 Å². The van der Waals surface area contributed by atoms with Crippen LogP contribution in [0.3, 0.4) is 0 Å². The lowest BCUT2D eigenvalue weighted by molar-refractivity contribution is -0.0302. The van der Waals surface area contributed by atoms with Gasteiger partial charge in [-0.1, -0.05) is 25.7 Å². The number of aliphatic hydroxyl groups is 1. The summed E-state index contributed by atoms with van der Waals surface area (Å²) in [6.07, 6.45) is 9.32. The molecule has 3 aliphatic rings. The number of hydrogen-bond donors (Lipinski definition) is 4. The van der Waals surface area contributed by atoms with Gasteiger partial charge in [-0.05, 0) is 24.8 Å². The molecule has 26 heavy (non-hydrogen) atoms. The van der Waals surface area contributed by atoms with Crippen molar-refractivity contribution in [3.8, 4) is 0 Å². The van der Waals surface area contributed by atoms with Crippen LogP contribution in [0.15, 0.2) is 29.9 Å². The van der Waals surface area contributed by atoms with E-state index in [4.69, 9.17) is 10.5 Å². The normalized spacial score (nSPS) is 30.4. The molecule has 0 bridgehead atoms. The molecule has 4 rings (SSSR count). The molecule has 1 fully saturated rings. The van der Waals surface area contributed by atoms with Crippen LogP contribution in [-0.4, -0.2) is 34.4 Å². The lowest BCUT2D eigenvalue weighted by Gasteiger charge is -2.22. The molecule has 7 nitrogen and oxygen atoms in total. The van der Waals surface area contributed by atoms with E-state index in [1.165, 1.54) is 0 Å². The molecule has 140 valence electrons. The zero-order chi connectivity index (χ0) is 18.3. The van der Waals surface area contributed by atoms with Gasteiger partial charge in [0.05, 0.1) is 12.7 Å². The Balaban J connectivity index is 1.67. The second-order valence-electron chi connectivity index (χ2n) is 7.40. The third kappa shape index (κ3) is 3.06. The van der Waals surface area contributed by atoms with Crippen LogP contribution in [0.4, 0.5) is 5.82 Å². The molecular weight excluding hydrogens is 330 g/mol. The number of rotatable bonds is 5. The van der Waals surface area contributed by atoms with E-state index in [9.17, 15) is 5.11 Å². The maximum absolute atomic E-state index is 9.46. The average molecular weight is 357 g/mol. The van der Waals surface area contributed by atoms with Gasteiger partial charge in [0.2, 0.25) is 0 Å². The van der Waals surface area contributed by atoms with Gasteiger partial charge in [-0.15, -0.1) is 0 Å². The fraction of sp³-hybridized carbons (Fsp3) is 0.526. The number of ether oxygens (including phenoxy) is 1. The van der Waals surface area contributed by atoms with Crippen LogP contribution in [0.5, 0.6) is 0 Å². The van der Waals surface area contributed by atoms with Gasteiger partial charge in [0.25, 0.3) is 0 Å². The molecule has 1 aliphatic carbocycles. The molecule has 1 aromatic heterocycles. The van der Waals surface area contributed by atoms with Gasteiger partial charge in [0.15, 0.2) is 5.96 Å². The Bertz CT molecular complexity index is 766. The van der Waals surface area contributed by atoms with Gasteiger partial charge < -0.3 is 30.8 Å². The van der Waals surface area contributed by atoms with Gasteiger partial charge in [0, 0.05) is 36.0 Å². The van der Waals surface area contributed by atoms with Crippen molar-refractivity contribution in [3.63, 3.8) is 0 Å². The SMILES string of the molecule is C=C1NC(N)=Nc2c1c(CNC1C=CCC1)cn2C1OC(CO)CC1C. The lowest BCUT2D eigenvalue weighted by Crippen LogP contribution is -2.33. The molecule has 4 unspecified atom stereocenters. The van der Waals surface area contributed by atoms with Gasteiger partial charge in [-0.2, -0.15) is 4.99 Å². The average Bonchev–Trinajstić information content (AvgIpc) is 3.31. The standard InChI is InChI=1S/C19H27N5O2/c1-11-7-15(10-25)26-18(11)24-9-13(8-21-14-5-3-4-6-14)16-12(2)22-19(20)23-17(16)24/h3,5,9,11,14-15,18,21,25H,2,4,6-8,10H2,1H3,(H3,20,22,23). The second kappa shape index (κ2) is 6.90. The third-order valence-corrected chi connectivity index (χ3v) is 5.39. The summed E-state index contributed by atoms with van der Waals surface area (Å²) >= 11 is 0. The third-order valence-electron chi connectivity index (χ3n) is 5.39. The number of nitrogens with zero attached hydrogens (tertiary/aromatic N) is 2. The molecule has 0 spiro atoms. The van der Waals surface area contributed by atoms with Crippen LogP contribution in [0.2, 0.25) is 0 Å². The van der Waals surface area contributed by atoms with Crippen molar-refractivity contribution in [2.24, 2.45) is 16.6 Å². The summed E-state index contributed by atoms with van der Waals surface area (Å²) in [4.78, 5) is 4.53. The Kier molecular flexibility index (Phi) is 4.60. The Morgan fingerprint density at radius 2 is 2.38 bits per heavy atom. The number of aromatic nitrogens is 1. The summed E-state index contributed by atoms with van der Waals surface area (Å²) in [6, 6.07) is 0.410. The first-order chi connectivity index (χ1) is 12.6. The summed E-state index contributed by atoms with van der Waals surface area (Å²) in [5, 5.41) is 16.1. The highest BCUT2D eigenvalue weighted by atomic mass is 16.5. The summed E-state index contributed by atoms with van der Waals surface area (Å²) in [5.74, 6) is 1.40. The molecule has 1 saturated heterocycles. The van der Waals surface area contributed by atoms with Crippen LogP contribution in [-0.2, 0) is 11.3 Å². The Hall–Kier alpha value is -2.09. The maximum Gasteiger partial charge on any atom is 0.199 e. The zero-order valence-corrected chi connectivity index (χ0v) is 15.1. The molecule has 0 aromatic carbocycles. The molecule has 0 saturated carbocycles. The summed E-state index contributed by atoms with van der Waals surface area (Å²) in [6.45, 7) is 7.03. The summed E-state index contributed by atoms with van der Waals surface area (Å²) in [7, 11) is 0. The minimum atomic E-state index is -0.163. The van der Waals surface area contributed by atoms with E-state index < -0.39 is 0 Å². The summed E-state index contributed by atoms with van der Waals surface area (Å²) in [5.41, 5.74) is 8.80. The van der Waals surface area contributed by atoms with E-state index in [1.807, 2.05) is 0 Å². The van der Waals surface area contributed by atoms with Crippen LogP contribution in [0, 0.1) is 5.92 Å². The van der Waals surface area contributed by atoms with E-state index >= 15 is 0 Å². The Morgan fingerprint density at radius 1 is 1.54 bits per heavy atom. The number of nitrogens with one attached hydrogen (secondary N) is 2. The molecule has 4 atom stereocenters. The highest BCUT2D eigenvalue weighted by Crippen LogP contribution is 2.41. The van der Waals surface area contributed by atoms with Crippen LogP contribution >= 0.6 is 0 Å².